The highest BCUT2D eigenvalue weighted by Gasteiger charge is 2.07. The highest BCUT2D eigenvalue weighted by Crippen LogP contribution is 2.22. The lowest BCUT2D eigenvalue weighted by molar-refractivity contribution is 0.447. The lowest BCUT2D eigenvalue weighted by Gasteiger charge is -2.20. The van der Waals surface area contributed by atoms with Gasteiger partial charge in [0.1, 0.15) is 11.1 Å². The minimum atomic E-state index is -0.817. The second-order valence-corrected chi connectivity index (χ2v) is 6.01. The van der Waals surface area contributed by atoms with E-state index in [-0.39, 0.29) is 11.1 Å². The van der Waals surface area contributed by atoms with Crippen LogP contribution < -0.4 is 21.8 Å². The van der Waals surface area contributed by atoms with Crippen molar-refractivity contribution in [2.45, 2.75) is 13.8 Å². The van der Waals surface area contributed by atoms with Gasteiger partial charge in [0, 0.05) is 30.2 Å². The summed E-state index contributed by atoms with van der Waals surface area (Å²) in [7, 11) is 0. The monoisotopic (exact) mass is 381 g/mol. The van der Waals surface area contributed by atoms with Crippen molar-refractivity contribution in [3.8, 4) is 5.88 Å². The van der Waals surface area contributed by atoms with Gasteiger partial charge in [0.15, 0.2) is 0 Å². The molecule has 0 radical (unpaired) electrons. The zero-order valence-electron chi connectivity index (χ0n) is 15.4. The third kappa shape index (κ3) is 3.82. The van der Waals surface area contributed by atoms with Crippen LogP contribution in [0.3, 0.4) is 0 Å². The second kappa shape index (κ2) is 7.85. The van der Waals surface area contributed by atoms with Crippen molar-refractivity contribution in [2.24, 2.45) is 0 Å². The number of benzene rings is 1. The molecule has 2 heterocycles. The lowest BCUT2D eigenvalue weighted by atomic mass is 10.1. The molecule has 0 aliphatic carbocycles. The first kappa shape index (κ1) is 19.0. The summed E-state index contributed by atoms with van der Waals surface area (Å²) >= 11 is 0. The summed E-state index contributed by atoms with van der Waals surface area (Å²) in [6.07, 6.45) is 2.50. The number of nitrogens with one attached hydrogen (secondary N) is 2. The van der Waals surface area contributed by atoms with Gasteiger partial charge in [-0.25, -0.2) is 9.59 Å². The maximum atomic E-state index is 12.2. The molecule has 8 heteroatoms. The number of H-pyrrole nitrogens is 2. The van der Waals surface area contributed by atoms with Gasteiger partial charge < -0.3 is 14.4 Å². The molecular formula is C20H19N3O5. The van der Waals surface area contributed by atoms with Crippen LogP contribution in [0.25, 0.3) is 23.1 Å². The van der Waals surface area contributed by atoms with Gasteiger partial charge in [0.2, 0.25) is 5.88 Å². The first-order valence-corrected chi connectivity index (χ1v) is 8.73. The highest BCUT2D eigenvalue weighted by atomic mass is 16.4. The Bertz CT molecular complexity index is 1260. The van der Waals surface area contributed by atoms with Gasteiger partial charge >= 0.3 is 11.3 Å². The number of aromatic nitrogens is 2. The number of rotatable bonds is 5. The van der Waals surface area contributed by atoms with Crippen molar-refractivity contribution in [1.82, 2.24) is 9.97 Å². The molecule has 0 bridgehead atoms. The fourth-order valence-corrected chi connectivity index (χ4v) is 2.83. The van der Waals surface area contributed by atoms with Gasteiger partial charge in [-0.2, -0.15) is 0 Å². The summed E-state index contributed by atoms with van der Waals surface area (Å²) in [5, 5.41) is 10.4. The zero-order valence-corrected chi connectivity index (χ0v) is 15.4. The molecule has 0 aliphatic heterocycles. The van der Waals surface area contributed by atoms with E-state index in [0.717, 1.165) is 30.2 Å². The van der Waals surface area contributed by atoms with E-state index in [1.54, 1.807) is 6.07 Å². The molecule has 28 heavy (non-hydrogen) atoms. The van der Waals surface area contributed by atoms with E-state index in [0.29, 0.717) is 5.58 Å². The number of anilines is 1. The molecule has 0 unspecified atom stereocenters. The summed E-state index contributed by atoms with van der Waals surface area (Å²) in [5.74, 6) is -0.580. The van der Waals surface area contributed by atoms with Crippen LogP contribution in [0.4, 0.5) is 5.69 Å². The van der Waals surface area contributed by atoms with E-state index < -0.39 is 22.8 Å². The Labute approximate surface area is 159 Å². The maximum absolute atomic E-state index is 12.2. The molecule has 0 aliphatic rings. The van der Waals surface area contributed by atoms with Crippen molar-refractivity contribution in [2.75, 3.05) is 18.0 Å². The average Bonchev–Trinajstić information content (AvgIpc) is 2.65. The van der Waals surface area contributed by atoms with Crippen molar-refractivity contribution >= 4 is 28.8 Å². The van der Waals surface area contributed by atoms with Gasteiger partial charge in [-0.15, -0.1) is 5.73 Å². The van der Waals surface area contributed by atoms with Gasteiger partial charge in [0.25, 0.3) is 5.56 Å². The maximum Gasteiger partial charge on any atom is 0.344 e. The van der Waals surface area contributed by atoms with Crippen molar-refractivity contribution < 1.29 is 9.52 Å². The summed E-state index contributed by atoms with van der Waals surface area (Å²) in [6, 6.07) is 7.30. The molecule has 0 spiro atoms. The van der Waals surface area contributed by atoms with E-state index in [4.69, 9.17) is 4.42 Å². The Morgan fingerprint density at radius 1 is 1.11 bits per heavy atom. The number of hydrogen-bond donors (Lipinski definition) is 3. The Hall–Kier alpha value is -3.77. The Balaban J connectivity index is 2.00. The van der Waals surface area contributed by atoms with Crippen LogP contribution in [0, 0.1) is 0 Å². The minimum absolute atomic E-state index is 0.176. The number of aromatic hydroxyl groups is 1. The molecule has 1 aromatic carbocycles. The number of fused-ring (bicyclic) bond motifs is 1. The number of aromatic amines is 2. The normalized spacial score (nSPS) is 10.5. The zero-order chi connectivity index (χ0) is 20.3. The SMILES string of the molecule is CCN(CC)c1ccc2cc(C=C=Cc3c(O)[nH]c(=O)[nH]c3=O)c(=O)oc2c1. The predicted octanol–water partition coefficient (Wildman–Crippen LogP) is 2.05. The summed E-state index contributed by atoms with van der Waals surface area (Å²) in [5.41, 5.74) is 2.02. The summed E-state index contributed by atoms with van der Waals surface area (Å²) < 4.78 is 5.41. The lowest BCUT2D eigenvalue weighted by Crippen LogP contribution is -2.23. The van der Waals surface area contributed by atoms with Crippen LogP contribution in [0.2, 0.25) is 0 Å². The molecule has 3 aromatic rings. The molecule has 0 fully saturated rings. The molecule has 144 valence electrons. The van der Waals surface area contributed by atoms with Crippen LogP contribution in [-0.2, 0) is 0 Å². The fourth-order valence-electron chi connectivity index (χ4n) is 2.83. The van der Waals surface area contributed by atoms with Crippen LogP contribution in [0.1, 0.15) is 25.0 Å². The molecule has 0 atom stereocenters. The molecule has 0 saturated heterocycles. The van der Waals surface area contributed by atoms with E-state index in [1.165, 1.54) is 6.08 Å². The molecule has 0 saturated carbocycles. The molecular weight excluding hydrogens is 362 g/mol. The van der Waals surface area contributed by atoms with Crippen molar-refractivity contribution in [1.29, 1.82) is 0 Å². The first-order valence-electron chi connectivity index (χ1n) is 8.73. The standard InChI is InChI=1S/C20H19N3O5/c1-3-23(4-2)14-9-8-12-10-13(19(26)28-16(12)11-14)6-5-7-15-17(24)21-20(27)22-18(15)25/h6-11H,3-4H2,1-2H3,(H3,21,22,24,25,27). The van der Waals surface area contributed by atoms with E-state index in [9.17, 15) is 19.5 Å². The highest BCUT2D eigenvalue weighted by molar-refractivity contribution is 5.82. The quantitative estimate of drug-likeness (QED) is 0.460. The van der Waals surface area contributed by atoms with Gasteiger partial charge in [-0.3, -0.25) is 14.8 Å². The van der Waals surface area contributed by atoms with Crippen LogP contribution >= 0.6 is 0 Å². The Morgan fingerprint density at radius 3 is 2.54 bits per heavy atom. The predicted molar refractivity (Wildman–Crippen MR) is 108 cm³/mol. The third-order valence-corrected chi connectivity index (χ3v) is 4.30. The van der Waals surface area contributed by atoms with Crippen LogP contribution in [0.5, 0.6) is 5.88 Å². The third-order valence-electron chi connectivity index (χ3n) is 4.30. The number of nitrogens with zero attached hydrogens (tertiary/aromatic N) is 1. The van der Waals surface area contributed by atoms with E-state index in [2.05, 4.69) is 29.5 Å². The Kier molecular flexibility index (Phi) is 5.33. The van der Waals surface area contributed by atoms with Gasteiger partial charge in [0.05, 0.1) is 5.56 Å². The Morgan fingerprint density at radius 2 is 1.86 bits per heavy atom. The molecule has 8 nitrogen and oxygen atoms in total. The average molecular weight is 381 g/mol. The summed E-state index contributed by atoms with van der Waals surface area (Å²) in [4.78, 5) is 41.2. The smallest absolute Gasteiger partial charge is 0.344 e. The van der Waals surface area contributed by atoms with Gasteiger partial charge in [-0.1, -0.05) is 0 Å². The summed E-state index contributed by atoms with van der Waals surface area (Å²) in [6.45, 7) is 5.79. The van der Waals surface area contributed by atoms with E-state index in [1.807, 2.05) is 23.2 Å². The van der Waals surface area contributed by atoms with Gasteiger partial charge in [-0.05, 0) is 44.2 Å². The minimum Gasteiger partial charge on any atom is -0.494 e. The van der Waals surface area contributed by atoms with Crippen LogP contribution in [0.15, 0.2) is 48.8 Å². The largest absolute Gasteiger partial charge is 0.494 e. The van der Waals surface area contributed by atoms with Crippen LogP contribution in [-0.4, -0.2) is 28.2 Å². The van der Waals surface area contributed by atoms with E-state index >= 15 is 0 Å². The molecule has 3 N–H and O–H groups in total. The van der Waals surface area contributed by atoms with Crippen molar-refractivity contribution in [3.05, 3.63) is 72.4 Å². The van der Waals surface area contributed by atoms with Crippen molar-refractivity contribution in [3.63, 3.8) is 0 Å². The molecule has 3 rings (SSSR count). The fraction of sp³-hybridized carbons (Fsp3) is 0.200. The molecule has 0 amide bonds. The second-order valence-electron chi connectivity index (χ2n) is 6.01. The topological polar surface area (TPSA) is 119 Å². The molecule has 2 aromatic heterocycles. The first-order chi connectivity index (χ1) is 13.4. The number of hydrogen-bond acceptors (Lipinski definition) is 6.